The molecular formula is C19H23N7OS. The van der Waals surface area contributed by atoms with Crippen molar-refractivity contribution in [1.29, 1.82) is 0 Å². The fourth-order valence-electron chi connectivity index (χ4n) is 2.74. The van der Waals surface area contributed by atoms with Gasteiger partial charge in [-0.25, -0.2) is 15.0 Å². The van der Waals surface area contributed by atoms with Crippen LogP contribution in [-0.4, -0.2) is 50.0 Å². The second-order valence-corrected chi connectivity index (χ2v) is 8.16. The van der Waals surface area contributed by atoms with E-state index >= 15 is 0 Å². The highest BCUT2D eigenvalue weighted by Crippen LogP contribution is 2.31. The number of aromatic nitrogens is 5. The molecule has 9 heteroatoms. The molecule has 1 N–H and O–H groups in total. The van der Waals surface area contributed by atoms with E-state index in [-0.39, 0.29) is 6.10 Å². The van der Waals surface area contributed by atoms with E-state index in [1.54, 1.807) is 18.6 Å². The summed E-state index contributed by atoms with van der Waals surface area (Å²) in [6.45, 7) is 2.71. The van der Waals surface area contributed by atoms with Crippen molar-refractivity contribution in [3.63, 3.8) is 0 Å². The maximum atomic E-state index is 5.86. The Hall–Kier alpha value is -2.65. The maximum absolute atomic E-state index is 5.86. The molecule has 0 unspecified atom stereocenters. The fourth-order valence-corrected chi connectivity index (χ4v) is 3.53. The van der Waals surface area contributed by atoms with Crippen LogP contribution < -0.4 is 10.1 Å². The highest BCUT2D eigenvalue weighted by atomic mass is 32.1. The predicted molar refractivity (Wildman–Crippen MR) is 109 cm³/mol. The summed E-state index contributed by atoms with van der Waals surface area (Å²) in [6.07, 6.45) is 8.92. The van der Waals surface area contributed by atoms with Crippen molar-refractivity contribution in [2.24, 2.45) is 0 Å². The van der Waals surface area contributed by atoms with Gasteiger partial charge in [0.2, 0.25) is 0 Å². The van der Waals surface area contributed by atoms with Crippen LogP contribution in [0.2, 0.25) is 0 Å². The Bertz CT molecular complexity index is 938. The predicted octanol–water partition coefficient (Wildman–Crippen LogP) is 3.44. The quantitative estimate of drug-likeness (QED) is 0.649. The number of hydrogen-bond donors (Lipinski definition) is 1. The van der Waals surface area contributed by atoms with Gasteiger partial charge in [-0.05, 0) is 46.3 Å². The number of ether oxygens (including phenoxy) is 1. The Morgan fingerprint density at radius 3 is 2.68 bits per heavy atom. The molecule has 0 atom stereocenters. The van der Waals surface area contributed by atoms with E-state index in [0.717, 1.165) is 46.5 Å². The zero-order valence-corrected chi connectivity index (χ0v) is 17.0. The standard InChI is InChI=1S/C19H23N7OS/c1-12-7-15(24-18(23-12)27-14-5-4-6-14)16-9-22-19(28-16)25-17-10-20-13(8-21-17)11-26(2)3/h7-10,14H,4-6,11H2,1-3H3,(H,21,22,25). The van der Waals surface area contributed by atoms with Gasteiger partial charge in [-0.15, -0.1) is 0 Å². The molecule has 0 aromatic carbocycles. The molecule has 8 nitrogen and oxygen atoms in total. The largest absolute Gasteiger partial charge is 0.460 e. The lowest BCUT2D eigenvalue weighted by Crippen LogP contribution is -2.25. The molecule has 0 aliphatic heterocycles. The maximum Gasteiger partial charge on any atom is 0.317 e. The molecule has 0 saturated heterocycles. The number of aryl methyl sites for hydroxylation is 1. The van der Waals surface area contributed by atoms with Crippen molar-refractivity contribution < 1.29 is 4.74 Å². The first-order chi connectivity index (χ1) is 13.5. The number of hydrogen-bond acceptors (Lipinski definition) is 9. The van der Waals surface area contributed by atoms with Crippen LogP contribution in [0.3, 0.4) is 0 Å². The Balaban J connectivity index is 1.46. The molecule has 3 heterocycles. The first kappa shape index (κ1) is 18.7. The Labute approximate surface area is 168 Å². The molecule has 28 heavy (non-hydrogen) atoms. The van der Waals surface area contributed by atoms with Gasteiger partial charge >= 0.3 is 6.01 Å². The zero-order chi connectivity index (χ0) is 19.5. The minimum absolute atomic E-state index is 0.252. The Morgan fingerprint density at radius 1 is 1.14 bits per heavy atom. The van der Waals surface area contributed by atoms with E-state index in [1.165, 1.54) is 17.8 Å². The van der Waals surface area contributed by atoms with Gasteiger partial charge < -0.3 is 15.0 Å². The topological polar surface area (TPSA) is 89.0 Å². The van der Waals surface area contributed by atoms with Crippen molar-refractivity contribution in [2.45, 2.75) is 38.8 Å². The number of thiazole rings is 1. The normalized spacial score (nSPS) is 14.1. The molecule has 4 rings (SSSR count). The first-order valence-electron chi connectivity index (χ1n) is 9.26. The smallest absolute Gasteiger partial charge is 0.317 e. The van der Waals surface area contributed by atoms with Crippen LogP contribution in [0.5, 0.6) is 6.01 Å². The van der Waals surface area contributed by atoms with Gasteiger partial charge in [0, 0.05) is 18.4 Å². The second-order valence-electron chi connectivity index (χ2n) is 7.13. The molecular weight excluding hydrogens is 374 g/mol. The lowest BCUT2D eigenvalue weighted by Gasteiger charge is -2.25. The van der Waals surface area contributed by atoms with Gasteiger partial charge in [-0.1, -0.05) is 11.3 Å². The third kappa shape index (κ3) is 4.60. The van der Waals surface area contributed by atoms with Crippen molar-refractivity contribution >= 4 is 22.3 Å². The van der Waals surface area contributed by atoms with Gasteiger partial charge in [-0.2, -0.15) is 4.98 Å². The lowest BCUT2D eigenvalue weighted by molar-refractivity contribution is 0.108. The molecule has 0 spiro atoms. The Kier molecular flexibility index (Phi) is 5.45. The van der Waals surface area contributed by atoms with Crippen LogP contribution in [-0.2, 0) is 6.54 Å². The monoisotopic (exact) mass is 397 g/mol. The second kappa shape index (κ2) is 8.15. The van der Waals surface area contributed by atoms with E-state index < -0.39 is 0 Å². The number of rotatable bonds is 7. The van der Waals surface area contributed by atoms with Crippen molar-refractivity contribution in [1.82, 2.24) is 29.8 Å². The minimum atomic E-state index is 0.252. The van der Waals surface area contributed by atoms with Crippen LogP contribution in [0.1, 0.15) is 30.7 Å². The van der Waals surface area contributed by atoms with Crippen molar-refractivity contribution in [3.8, 4) is 16.6 Å². The summed E-state index contributed by atoms with van der Waals surface area (Å²) in [4.78, 5) is 25.2. The zero-order valence-electron chi connectivity index (χ0n) is 16.2. The Morgan fingerprint density at radius 2 is 2.00 bits per heavy atom. The van der Waals surface area contributed by atoms with Gasteiger partial charge in [0.15, 0.2) is 10.9 Å². The van der Waals surface area contributed by atoms with E-state index in [1.807, 2.05) is 27.1 Å². The molecule has 0 amide bonds. The first-order valence-corrected chi connectivity index (χ1v) is 10.1. The van der Waals surface area contributed by atoms with Gasteiger partial charge in [0.1, 0.15) is 6.10 Å². The highest BCUT2D eigenvalue weighted by Gasteiger charge is 2.21. The van der Waals surface area contributed by atoms with Crippen LogP contribution in [0.25, 0.3) is 10.6 Å². The van der Waals surface area contributed by atoms with Crippen LogP contribution >= 0.6 is 11.3 Å². The third-order valence-electron chi connectivity index (χ3n) is 4.33. The van der Waals surface area contributed by atoms with Crippen LogP contribution in [0, 0.1) is 6.92 Å². The molecule has 1 fully saturated rings. The summed E-state index contributed by atoms with van der Waals surface area (Å²) in [6, 6.07) is 2.39. The van der Waals surface area contributed by atoms with Crippen molar-refractivity contribution in [3.05, 3.63) is 36.0 Å². The summed E-state index contributed by atoms with van der Waals surface area (Å²) in [5, 5.41) is 3.94. The summed E-state index contributed by atoms with van der Waals surface area (Å²) < 4.78 is 5.86. The van der Waals surface area contributed by atoms with E-state index in [9.17, 15) is 0 Å². The molecule has 3 aromatic rings. The molecule has 1 saturated carbocycles. The summed E-state index contributed by atoms with van der Waals surface area (Å²) in [7, 11) is 4.00. The number of nitrogens with one attached hydrogen (secondary N) is 1. The average Bonchev–Trinajstić information content (AvgIpc) is 3.08. The van der Waals surface area contributed by atoms with E-state index in [2.05, 4.69) is 35.1 Å². The van der Waals surface area contributed by atoms with Gasteiger partial charge in [0.05, 0.1) is 28.7 Å². The summed E-state index contributed by atoms with van der Waals surface area (Å²) in [5.74, 6) is 0.663. The molecule has 1 aliphatic carbocycles. The third-order valence-corrected chi connectivity index (χ3v) is 5.27. The molecule has 0 radical (unpaired) electrons. The van der Waals surface area contributed by atoms with Gasteiger partial charge in [0.25, 0.3) is 0 Å². The highest BCUT2D eigenvalue weighted by molar-refractivity contribution is 7.18. The van der Waals surface area contributed by atoms with E-state index in [0.29, 0.717) is 11.8 Å². The van der Waals surface area contributed by atoms with Gasteiger partial charge in [-0.3, -0.25) is 4.98 Å². The average molecular weight is 398 g/mol. The molecule has 0 bridgehead atoms. The van der Waals surface area contributed by atoms with Crippen LogP contribution in [0.15, 0.2) is 24.7 Å². The SMILES string of the molecule is Cc1cc(-c2cnc(Nc3cnc(CN(C)C)cn3)s2)nc(OC2CCC2)n1. The fraction of sp³-hybridized carbons (Fsp3) is 0.421. The van der Waals surface area contributed by atoms with Crippen molar-refractivity contribution in [2.75, 3.05) is 19.4 Å². The minimum Gasteiger partial charge on any atom is -0.460 e. The van der Waals surface area contributed by atoms with E-state index in [4.69, 9.17) is 4.74 Å². The summed E-state index contributed by atoms with van der Waals surface area (Å²) in [5.41, 5.74) is 2.62. The molecule has 146 valence electrons. The molecule has 1 aliphatic rings. The molecule has 3 aromatic heterocycles. The lowest BCUT2D eigenvalue weighted by atomic mass is 9.96. The summed E-state index contributed by atoms with van der Waals surface area (Å²) >= 11 is 1.51. The number of nitrogens with zero attached hydrogens (tertiary/aromatic N) is 6. The van der Waals surface area contributed by atoms with Crippen LogP contribution in [0.4, 0.5) is 10.9 Å². The number of anilines is 2.